The minimum atomic E-state index is -3.25. The zero-order valence-electron chi connectivity index (χ0n) is 15.0. The lowest BCUT2D eigenvalue weighted by Gasteiger charge is -2.24. The number of carbonyl (C=O) groups excluding carboxylic acids is 1. The average Bonchev–Trinajstić information content (AvgIpc) is 3.10. The maximum absolute atomic E-state index is 13.4. The zero-order valence-corrected chi connectivity index (χ0v) is 15.8. The molecular formula is C19H20N2O5S. The van der Waals surface area contributed by atoms with Crippen molar-refractivity contribution in [3.63, 3.8) is 0 Å². The van der Waals surface area contributed by atoms with E-state index < -0.39 is 21.9 Å². The monoisotopic (exact) mass is 388 g/mol. The number of urea groups is 1. The van der Waals surface area contributed by atoms with Gasteiger partial charge in [-0.2, -0.15) is 0 Å². The molecule has 2 unspecified atom stereocenters. The highest BCUT2D eigenvalue weighted by molar-refractivity contribution is 7.91. The van der Waals surface area contributed by atoms with Gasteiger partial charge in [-0.3, -0.25) is 9.80 Å². The second-order valence-corrected chi connectivity index (χ2v) is 8.76. The van der Waals surface area contributed by atoms with Gasteiger partial charge in [0.1, 0.15) is 11.5 Å². The summed E-state index contributed by atoms with van der Waals surface area (Å²) in [7, 11) is -0.198. The van der Waals surface area contributed by atoms with Crippen molar-refractivity contribution in [2.24, 2.45) is 0 Å². The van der Waals surface area contributed by atoms with Crippen molar-refractivity contribution in [3.05, 3.63) is 48.5 Å². The molecule has 2 atom stereocenters. The predicted molar refractivity (Wildman–Crippen MR) is 103 cm³/mol. The first-order valence-electron chi connectivity index (χ1n) is 8.55. The third kappa shape index (κ3) is 2.90. The highest BCUT2D eigenvalue weighted by Gasteiger charge is 2.55. The molecule has 0 bridgehead atoms. The van der Waals surface area contributed by atoms with Crippen LogP contribution in [0.15, 0.2) is 48.5 Å². The van der Waals surface area contributed by atoms with E-state index in [0.717, 1.165) is 0 Å². The van der Waals surface area contributed by atoms with Crippen LogP contribution in [0.5, 0.6) is 11.5 Å². The van der Waals surface area contributed by atoms with E-state index in [2.05, 4.69) is 0 Å². The number of ether oxygens (including phenoxy) is 2. The number of fused-ring (bicyclic) bond motifs is 1. The van der Waals surface area contributed by atoms with Crippen LogP contribution in [0.2, 0.25) is 0 Å². The van der Waals surface area contributed by atoms with Gasteiger partial charge >= 0.3 is 6.03 Å². The van der Waals surface area contributed by atoms with Gasteiger partial charge in [-0.25, -0.2) is 13.2 Å². The molecule has 0 saturated carbocycles. The Kier molecular flexibility index (Phi) is 4.22. The van der Waals surface area contributed by atoms with Gasteiger partial charge in [0.2, 0.25) is 0 Å². The molecule has 142 valence electrons. The molecule has 0 radical (unpaired) electrons. The summed E-state index contributed by atoms with van der Waals surface area (Å²) < 4.78 is 35.4. The molecule has 2 aromatic rings. The van der Waals surface area contributed by atoms with Crippen molar-refractivity contribution in [1.29, 1.82) is 0 Å². The molecule has 2 heterocycles. The molecule has 7 nitrogen and oxygen atoms in total. The van der Waals surface area contributed by atoms with Crippen LogP contribution in [0, 0.1) is 0 Å². The second-order valence-electron chi connectivity index (χ2n) is 6.61. The molecule has 27 heavy (non-hydrogen) atoms. The molecule has 0 aliphatic carbocycles. The second kappa shape index (κ2) is 6.45. The van der Waals surface area contributed by atoms with Crippen molar-refractivity contribution in [3.8, 4) is 11.5 Å². The van der Waals surface area contributed by atoms with Crippen molar-refractivity contribution in [2.45, 2.75) is 12.1 Å². The van der Waals surface area contributed by atoms with Gasteiger partial charge in [0.25, 0.3) is 0 Å². The normalized spacial score (nSPS) is 23.4. The van der Waals surface area contributed by atoms with E-state index in [1.54, 1.807) is 23.1 Å². The Morgan fingerprint density at radius 2 is 1.59 bits per heavy atom. The van der Waals surface area contributed by atoms with Crippen LogP contribution in [0.4, 0.5) is 16.2 Å². The van der Waals surface area contributed by atoms with Crippen LogP contribution in [-0.2, 0) is 9.84 Å². The zero-order chi connectivity index (χ0) is 19.2. The fourth-order valence-electron chi connectivity index (χ4n) is 3.86. The Bertz CT molecular complexity index is 977. The van der Waals surface area contributed by atoms with E-state index >= 15 is 0 Å². The molecule has 2 aliphatic heterocycles. The lowest BCUT2D eigenvalue weighted by molar-refractivity contribution is 0.255. The predicted octanol–water partition coefficient (Wildman–Crippen LogP) is 2.32. The summed E-state index contributed by atoms with van der Waals surface area (Å²) in [6, 6.07) is 13.1. The standard InChI is InChI=1S/C19H20N2O5S/c1-25-14-8-9-18(26-2)15(10-14)21-17-12-27(23,24)11-16(17)20(19(21)22)13-6-4-3-5-7-13/h3-10,16-17H,11-12H2,1-2H3. The minimum absolute atomic E-state index is 0.0545. The van der Waals surface area contributed by atoms with E-state index in [1.165, 1.54) is 19.1 Å². The maximum Gasteiger partial charge on any atom is 0.329 e. The fourth-order valence-corrected chi connectivity index (χ4v) is 5.78. The molecule has 2 amide bonds. The van der Waals surface area contributed by atoms with Crippen molar-refractivity contribution in [2.75, 3.05) is 35.5 Å². The van der Waals surface area contributed by atoms with Gasteiger partial charge in [-0.15, -0.1) is 0 Å². The largest absolute Gasteiger partial charge is 0.497 e. The van der Waals surface area contributed by atoms with Crippen molar-refractivity contribution >= 4 is 27.2 Å². The Morgan fingerprint density at radius 3 is 2.22 bits per heavy atom. The average molecular weight is 388 g/mol. The van der Waals surface area contributed by atoms with Crippen LogP contribution < -0.4 is 19.3 Å². The smallest absolute Gasteiger partial charge is 0.329 e. The van der Waals surface area contributed by atoms with Gasteiger partial charge in [-0.05, 0) is 24.3 Å². The van der Waals surface area contributed by atoms with E-state index in [-0.39, 0.29) is 17.5 Å². The van der Waals surface area contributed by atoms with Gasteiger partial charge in [0.15, 0.2) is 9.84 Å². The van der Waals surface area contributed by atoms with Crippen LogP contribution in [0.3, 0.4) is 0 Å². The lowest BCUT2D eigenvalue weighted by Crippen LogP contribution is -2.38. The summed E-state index contributed by atoms with van der Waals surface area (Å²) in [4.78, 5) is 16.5. The third-order valence-corrected chi connectivity index (χ3v) is 6.75. The molecule has 2 aromatic carbocycles. The topological polar surface area (TPSA) is 76.2 Å². The first-order valence-corrected chi connectivity index (χ1v) is 10.4. The molecule has 0 aromatic heterocycles. The van der Waals surface area contributed by atoms with E-state index in [9.17, 15) is 13.2 Å². The van der Waals surface area contributed by atoms with E-state index in [1.807, 2.05) is 30.3 Å². The maximum atomic E-state index is 13.4. The van der Waals surface area contributed by atoms with Crippen molar-refractivity contribution in [1.82, 2.24) is 0 Å². The molecular weight excluding hydrogens is 368 g/mol. The Hall–Kier alpha value is -2.74. The van der Waals surface area contributed by atoms with Gasteiger partial charge in [0.05, 0.1) is 43.5 Å². The van der Waals surface area contributed by atoms with Crippen LogP contribution in [0.25, 0.3) is 0 Å². The number of benzene rings is 2. The molecule has 0 spiro atoms. The highest BCUT2D eigenvalue weighted by atomic mass is 32.2. The Morgan fingerprint density at radius 1 is 0.926 bits per heavy atom. The summed E-state index contributed by atoms with van der Waals surface area (Å²) in [5.74, 6) is 0.921. The van der Waals surface area contributed by atoms with Crippen LogP contribution in [-0.4, -0.2) is 52.3 Å². The molecule has 2 fully saturated rings. The molecule has 2 aliphatic rings. The van der Waals surface area contributed by atoms with Gasteiger partial charge in [0, 0.05) is 11.8 Å². The Labute approximate surface area is 158 Å². The molecule has 0 N–H and O–H groups in total. The number of nitrogens with zero attached hydrogens (tertiary/aromatic N) is 2. The molecule has 4 rings (SSSR count). The highest BCUT2D eigenvalue weighted by Crippen LogP contribution is 2.42. The number of hydrogen-bond acceptors (Lipinski definition) is 5. The van der Waals surface area contributed by atoms with Gasteiger partial charge < -0.3 is 9.47 Å². The SMILES string of the molecule is COc1ccc(OC)c(N2C(=O)N(c3ccccc3)C3CS(=O)(=O)CC32)c1. The summed E-state index contributed by atoms with van der Waals surface area (Å²) >= 11 is 0. The molecule has 2 saturated heterocycles. The number of sulfone groups is 1. The number of carbonyl (C=O) groups is 1. The quantitative estimate of drug-likeness (QED) is 0.752. The summed E-state index contributed by atoms with van der Waals surface area (Å²) in [5, 5.41) is 0. The Balaban J connectivity index is 1.85. The fraction of sp³-hybridized carbons (Fsp3) is 0.316. The summed E-state index contributed by atoms with van der Waals surface area (Å²) in [6.07, 6.45) is 0. The summed E-state index contributed by atoms with van der Waals surface area (Å²) in [6.45, 7) is 0. The van der Waals surface area contributed by atoms with Gasteiger partial charge in [-0.1, -0.05) is 18.2 Å². The lowest BCUT2D eigenvalue weighted by atomic mass is 10.1. The first-order chi connectivity index (χ1) is 12.9. The molecule has 8 heteroatoms. The van der Waals surface area contributed by atoms with Crippen molar-refractivity contribution < 1.29 is 22.7 Å². The first kappa shape index (κ1) is 17.7. The number of hydrogen-bond donors (Lipinski definition) is 0. The van der Waals surface area contributed by atoms with E-state index in [0.29, 0.717) is 22.9 Å². The van der Waals surface area contributed by atoms with Crippen LogP contribution in [0.1, 0.15) is 0 Å². The van der Waals surface area contributed by atoms with E-state index in [4.69, 9.17) is 9.47 Å². The number of methoxy groups -OCH3 is 2. The number of amides is 2. The summed E-state index contributed by atoms with van der Waals surface area (Å²) in [5.41, 5.74) is 1.19. The number of para-hydroxylation sites is 1. The number of rotatable bonds is 4. The van der Waals surface area contributed by atoms with Crippen LogP contribution >= 0.6 is 0 Å². The minimum Gasteiger partial charge on any atom is -0.497 e. The third-order valence-electron chi connectivity index (χ3n) is 5.05. The number of anilines is 2.